The number of nitrogens with zero attached hydrogens (tertiary/aromatic N) is 3. The van der Waals surface area contributed by atoms with Crippen LogP contribution in [0.4, 0.5) is 5.95 Å². The fourth-order valence-electron chi connectivity index (χ4n) is 3.40. The zero-order valence-corrected chi connectivity index (χ0v) is 15.9. The summed E-state index contributed by atoms with van der Waals surface area (Å²) in [6.45, 7) is 0.892. The summed E-state index contributed by atoms with van der Waals surface area (Å²) in [5.41, 5.74) is 1.88. The van der Waals surface area contributed by atoms with E-state index >= 15 is 0 Å². The second-order valence-corrected chi connectivity index (χ2v) is 7.12. The predicted octanol–water partition coefficient (Wildman–Crippen LogP) is 1.20. The lowest BCUT2D eigenvalue weighted by Gasteiger charge is -2.18. The van der Waals surface area contributed by atoms with E-state index in [4.69, 9.17) is 14.2 Å². The summed E-state index contributed by atoms with van der Waals surface area (Å²) >= 11 is 0. The molecule has 0 saturated carbocycles. The zero-order valence-electron chi connectivity index (χ0n) is 15.9. The van der Waals surface area contributed by atoms with E-state index in [0.717, 1.165) is 11.3 Å². The monoisotopic (exact) mass is 384 g/mol. The fourth-order valence-corrected chi connectivity index (χ4v) is 3.40. The Kier molecular flexibility index (Phi) is 5.52. The minimum Gasteiger partial charge on any atom is -0.370 e. The number of hydrogen-bond acceptors (Lipinski definition) is 7. The first-order valence-electron chi connectivity index (χ1n) is 9.32. The molecule has 2 aliphatic rings. The van der Waals surface area contributed by atoms with E-state index < -0.39 is 0 Å². The minimum absolute atomic E-state index is 0.0218. The Labute approximate surface area is 163 Å². The molecule has 0 radical (unpaired) electrons. The number of carbonyl (C=O) groups excluding carboxylic acids is 1. The number of rotatable bonds is 6. The van der Waals surface area contributed by atoms with Crippen LogP contribution in [-0.4, -0.2) is 79.0 Å². The van der Waals surface area contributed by atoms with Crippen molar-refractivity contribution >= 4 is 11.9 Å². The van der Waals surface area contributed by atoms with Crippen molar-refractivity contribution in [3.05, 3.63) is 42.6 Å². The molecule has 1 amide bonds. The summed E-state index contributed by atoms with van der Waals surface area (Å²) in [7, 11) is 3.41. The molecule has 8 nitrogen and oxygen atoms in total. The topological polar surface area (TPSA) is 85.8 Å². The van der Waals surface area contributed by atoms with Gasteiger partial charge in [-0.05, 0) is 6.07 Å². The van der Waals surface area contributed by atoms with Gasteiger partial charge in [-0.2, -0.15) is 0 Å². The largest absolute Gasteiger partial charge is 0.370 e. The van der Waals surface area contributed by atoms with Crippen LogP contribution in [0.15, 0.2) is 42.6 Å². The van der Waals surface area contributed by atoms with E-state index in [1.54, 1.807) is 20.3 Å². The molecule has 2 saturated heterocycles. The third-order valence-corrected chi connectivity index (χ3v) is 4.97. The molecule has 1 N–H and O–H groups in total. The molecule has 0 aliphatic carbocycles. The van der Waals surface area contributed by atoms with Crippen LogP contribution in [0.2, 0.25) is 0 Å². The van der Waals surface area contributed by atoms with E-state index in [-0.39, 0.29) is 36.9 Å². The van der Waals surface area contributed by atoms with E-state index in [1.165, 1.54) is 4.90 Å². The lowest BCUT2D eigenvalue weighted by atomic mass is 10.1. The highest BCUT2D eigenvalue weighted by Gasteiger charge is 2.48. The maximum Gasteiger partial charge on any atom is 0.248 e. The van der Waals surface area contributed by atoms with Gasteiger partial charge in [-0.3, -0.25) is 4.79 Å². The number of hydrogen-bond donors (Lipinski definition) is 1. The van der Waals surface area contributed by atoms with Crippen molar-refractivity contribution in [3.63, 3.8) is 0 Å². The number of aromatic nitrogens is 2. The van der Waals surface area contributed by atoms with Gasteiger partial charge >= 0.3 is 0 Å². The smallest absolute Gasteiger partial charge is 0.248 e. The number of nitrogens with one attached hydrogen (secondary N) is 1. The van der Waals surface area contributed by atoms with Gasteiger partial charge in [0.15, 0.2) is 0 Å². The Morgan fingerprint density at radius 3 is 2.75 bits per heavy atom. The van der Waals surface area contributed by atoms with Gasteiger partial charge in [0.05, 0.1) is 24.9 Å². The van der Waals surface area contributed by atoms with Gasteiger partial charge in [0, 0.05) is 25.9 Å². The molecule has 0 unspecified atom stereocenters. The second kappa shape index (κ2) is 8.22. The first-order valence-corrected chi connectivity index (χ1v) is 9.32. The van der Waals surface area contributed by atoms with Gasteiger partial charge in [-0.1, -0.05) is 30.3 Å². The SMILES string of the molecule is CN(C)C(=O)CO[C@H]1CO[C@@H]2[C@@H]1OC[C@@H]2Nc1nccc(-c2ccccc2)n1. The number of amides is 1. The summed E-state index contributed by atoms with van der Waals surface area (Å²) in [6, 6.07) is 11.8. The van der Waals surface area contributed by atoms with Gasteiger partial charge in [0.2, 0.25) is 11.9 Å². The van der Waals surface area contributed by atoms with Crippen LogP contribution in [0.5, 0.6) is 0 Å². The van der Waals surface area contributed by atoms with Gasteiger partial charge in [-0.15, -0.1) is 0 Å². The summed E-state index contributed by atoms with van der Waals surface area (Å²) in [4.78, 5) is 22.2. The predicted molar refractivity (Wildman–Crippen MR) is 103 cm³/mol. The Morgan fingerprint density at radius 2 is 1.96 bits per heavy atom. The summed E-state index contributed by atoms with van der Waals surface area (Å²) in [5, 5.41) is 3.32. The Morgan fingerprint density at radius 1 is 1.18 bits per heavy atom. The van der Waals surface area contributed by atoms with Crippen LogP contribution >= 0.6 is 0 Å². The minimum atomic E-state index is -0.253. The van der Waals surface area contributed by atoms with E-state index in [9.17, 15) is 4.79 Å². The molecule has 4 atom stereocenters. The molecule has 3 heterocycles. The van der Waals surface area contributed by atoms with Crippen LogP contribution in [0.25, 0.3) is 11.3 Å². The molecule has 2 fully saturated rings. The number of benzene rings is 1. The number of ether oxygens (including phenoxy) is 3. The number of anilines is 1. The van der Waals surface area contributed by atoms with Crippen molar-refractivity contribution in [3.8, 4) is 11.3 Å². The van der Waals surface area contributed by atoms with Crippen LogP contribution in [0.1, 0.15) is 0 Å². The van der Waals surface area contributed by atoms with Crippen molar-refractivity contribution < 1.29 is 19.0 Å². The molecule has 4 rings (SSSR count). The quantitative estimate of drug-likeness (QED) is 0.801. The van der Waals surface area contributed by atoms with E-state index in [0.29, 0.717) is 19.2 Å². The first kappa shape index (κ1) is 18.8. The van der Waals surface area contributed by atoms with Crippen molar-refractivity contribution in [1.29, 1.82) is 0 Å². The van der Waals surface area contributed by atoms with Gasteiger partial charge in [0.1, 0.15) is 24.9 Å². The molecule has 2 aromatic rings. The van der Waals surface area contributed by atoms with Crippen molar-refractivity contribution in [2.24, 2.45) is 0 Å². The summed E-state index contributed by atoms with van der Waals surface area (Å²) in [5.74, 6) is 0.452. The van der Waals surface area contributed by atoms with Crippen molar-refractivity contribution in [2.75, 3.05) is 39.2 Å². The third-order valence-electron chi connectivity index (χ3n) is 4.97. The highest BCUT2D eigenvalue weighted by molar-refractivity contribution is 5.76. The fraction of sp³-hybridized carbons (Fsp3) is 0.450. The highest BCUT2D eigenvalue weighted by Crippen LogP contribution is 2.30. The highest BCUT2D eigenvalue weighted by atomic mass is 16.6. The van der Waals surface area contributed by atoms with Gasteiger partial charge < -0.3 is 24.4 Å². The maximum atomic E-state index is 11.7. The Bertz CT molecular complexity index is 817. The van der Waals surface area contributed by atoms with E-state index in [1.807, 2.05) is 36.4 Å². The maximum absolute atomic E-state index is 11.7. The Hall–Kier alpha value is -2.55. The lowest BCUT2D eigenvalue weighted by molar-refractivity contribution is -0.137. The third kappa shape index (κ3) is 3.99. The first-order chi connectivity index (χ1) is 13.6. The lowest BCUT2D eigenvalue weighted by Crippen LogP contribution is -2.38. The number of carbonyl (C=O) groups is 1. The molecule has 0 spiro atoms. The van der Waals surface area contributed by atoms with E-state index in [2.05, 4.69) is 15.3 Å². The summed E-state index contributed by atoms with van der Waals surface area (Å²) < 4.78 is 17.5. The molecule has 28 heavy (non-hydrogen) atoms. The second-order valence-electron chi connectivity index (χ2n) is 7.12. The van der Waals surface area contributed by atoms with Crippen molar-refractivity contribution in [1.82, 2.24) is 14.9 Å². The molecular weight excluding hydrogens is 360 g/mol. The van der Waals surface area contributed by atoms with Crippen LogP contribution in [0.3, 0.4) is 0 Å². The van der Waals surface area contributed by atoms with Crippen LogP contribution in [-0.2, 0) is 19.0 Å². The molecule has 1 aromatic carbocycles. The molecule has 8 heteroatoms. The van der Waals surface area contributed by atoms with Crippen LogP contribution < -0.4 is 5.32 Å². The van der Waals surface area contributed by atoms with Gasteiger partial charge in [0.25, 0.3) is 0 Å². The molecule has 0 bridgehead atoms. The molecule has 148 valence electrons. The molecule has 2 aliphatic heterocycles. The molecular formula is C20H24N4O4. The van der Waals surface area contributed by atoms with Crippen LogP contribution in [0, 0.1) is 0 Å². The zero-order chi connectivity index (χ0) is 19.5. The average Bonchev–Trinajstić information content (AvgIpc) is 3.30. The number of fused-ring (bicyclic) bond motifs is 1. The Balaban J connectivity index is 1.38. The normalized spacial score (nSPS) is 26.1. The molecule has 1 aromatic heterocycles. The average molecular weight is 384 g/mol. The van der Waals surface area contributed by atoms with Gasteiger partial charge in [-0.25, -0.2) is 9.97 Å². The summed E-state index contributed by atoms with van der Waals surface area (Å²) in [6.07, 6.45) is 1.12. The number of likely N-dealkylation sites (N-methyl/N-ethyl adjacent to an activating group) is 1. The standard InChI is InChI=1S/C20H24N4O4/c1-24(2)17(25)12-26-16-11-28-18-15(10-27-19(16)18)23-20-21-9-8-14(22-20)13-6-4-3-5-7-13/h3-9,15-16,18-19H,10-12H2,1-2H3,(H,21,22,23)/t15-,16-,18-,19+/m0/s1. The van der Waals surface area contributed by atoms with Crippen molar-refractivity contribution in [2.45, 2.75) is 24.4 Å².